The molecule has 1 aliphatic rings. The van der Waals surface area contributed by atoms with Crippen molar-refractivity contribution in [3.05, 3.63) is 33.8 Å². The SMILES string of the molecule is CC(N)C1CCCCN1C(C)c1ccc(Cl)cc1Cl. The molecule has 0 spiro atoms. The van der Waals surface area contributed by atoms with E-state index < -0.39 is 0 Å². The molecule has 1 fully saturated rings. The van der Waals surface area contributed by atoms with Crippen molar-refractivity contribution in [2.24, 2.45) is 5.73 Å². The Labute approximate surface area is 125 Å². The lowest BCUT2D eigenvalue weighted by Gasteiger charge is -2.42. The summed E-state index contributed by atoms with van der Waals surface area (Å²) in [6, 6.07) is 6.66. The molecule has 0 amide bonds. The number of hydrogen-bond donors (Lipinski definition) is 1. The Balaban J connectivity index is 2.23. The van der Waals surface area contributed by atoms with E-state index in [4.69, 9.17) is 28.9 Å². The van der Waals surface area contributed by atoms with Crippen molar-refractivity contribution in [3.8, 4) is 0 Å². The number of nitrogens with two attached hydrogens (primary N) is 1. The highest BCUT2D eigenvalue weighted by Crippen LogP contribution is 2.34. The van der Waals surface area contributed by atoms with E-state index in [1.54, 1.807) is 0 Å². The second kappa shape index (κ2) is 6.45. The maximum atomic E-state index is 6.33. The van der Waals surface area contributed by atoms with Crippen LogP contribution in [0.4, 0.5) is 0 Å². The zero-order valence-corrected chi connectivity index (χ0v) is 13.1. The zero-order chi connectivity index (χ0) is 14.0. The van der Waals surface area contributed by atoms with Crippen LogP contribution in [-0.2, 0) is 0 Å². The molecule has 3 atom stereocenters. The maximum Gasteiger partial charge on any atom is 0.0468 e. The van der Waals surface area contributed by atoms with Gasteiger partial charge in [0.1, 0.15) is 0 Å². The molecule has 1 heterocycles. The predicted molar refractivity (Wildman–Crippen MR) is 82.9 cm³/mol. The van der Waals surface area contributed by atoms with Crippen molar-refractivity contribution in [2.45, 2.75) is 51.2 Å². The van der Waals surface area contributed by atoms with Crippen LogP contribution in [0.3, 0.4) is 0 Å². The number of nitrogens with zero attached hydrogens (tertiary/aromatic N) is 1. The molecule has 2 nitrogen and oxygen atoms in total. The van der Waals surface area contributed by atoms with E-state index in [0.29, 0.717) is 11.1 Å². The maximum absolute atomic E-state index is 6.33. The van der Waals surface area contributed by atoms with Gasteiger partial charge < -0.3 is 5.73 Å². The highest BCUT2D eigenvalue weighted by Gasteiger charge is 2.30. The van der Waals surface area contributed by atoms with Gasteiger partial charge in [-0.1, -0.05) is 35.7 Å². The fraction of sp³-hybridized carbons (Fsp3) is 0.600. The van der Waals surface area contributed by atoms with Gasteiger partial charge in [-0.05, 0) is 50.9 Å². The van der Waals surface area contributed by atoms with E-state index in [1.165, 1.54) is 19.3 Å². The van der Waals surface area contributed by atoms with E-state index in [-0.39, 0.29) is 12.1 Å². The number of likely N-dealkylation sites (tertiary alicyclic amines) is 1. The van der Waals surface area contributed by atoms with Gasteiger partial charge in [0.05, 0.1) is 0 Å². The van der Waals surface area contributed by atoms with Crippen molar-refractivity contribution in [1.29, 1.82) is 0 Å². The van der Waals surface area contributed by atoms with Gasteiger partial charge in [-0.25, -0.2) is 0 Å². The third kappa shape index (κ3) is 3.43. The van der Waals surface area contributed by atoms with Crippen molar-refractivity contribution >= 4 is 23.2 Å². The first-order valence-corrected chi connectivity index (χ1v) is 7.72. The minimum Gasteiger partial charge on any atom is -0.327 e. The molecule has 2 rings (SSSR count). The Kier molecular flexibility index (Phi) is 5.13. The molecule has 0 saturated carbocycles. The van der Waals surface area contributed by atoms with Crippen LogP contribution in [0.1, 0.15) is 44.7 Å². The van der Waals surface area contributed by atoms with Crippen molar-refractivity contribution in [2.75, 3.05) is 6.54 Å². The van der Waals surface area contributed by atoms with Crippen LogP contribution in [0.2, 0.25) is 10.0 Å². The number of halogens is 2. The molecule has 0 bridgehead atoms. The van der Waals surface area contributed by atoms with Crippen LogP contribution in [-0.4, -0.2) is 23.5 Å². The number of rotatable bonds is 3. The van der Waals surface area contributed by atoms with E-state index >= 15 is 0 Å². The lowest BCUT2D eigenvalue weighted by molar-refractivity contribution is 0.0890. The summed E-state index contributed by atoms with van der Waals surface area (Å²) < 4.78 is 0. The number of benzene rings is 1. The molecule has 106 valence electrons. The van der Waals surface area contributed by atoms with Gasteiger partial charge in [0.2, 0.25) is 0 Å². The summed E-state index contributed by atoms with van der Waals surface area (Å²) in [6.07, 6.45) is 3.68. The molecule has 0 radical (unpaired) electrons. The summed E-state index contributed by atoms with van der Waals surface area (Å²) in [5, 5.41) is 1.43. The van der Waals surface area contributed by atoms with Crippen LogP contribution < -0.4 is 5.73 Å². The summed E-state index contributed by atoms with van der Waals surface area (Å²) in [6.45, 7) is 5.39. The van der Waals surface area contributed by atoms with Crippen LogP contribution in [0.5, 0.6) is 0 Å². The average molecular weight is 301 g/mol. The Hall–Kier alpha value is -0.280. The fourth-order valence-electron chi connectivity index (χ4n) is 3.04. The van der Waals surface area contributed by atoms with Crippen LogP contribution >= 0.6 is 23.2 Å². The molecule has 1 aromatic rings. The quantitative estimate of drug-likeness (QED) is 0.904. The largest absolute Gasteiger partial charge is 0.327 e. The Morgan fingerprint density at radius 1 is 1.26 bits per heavy atom. The molecule has 0 aliphatic carbocycles. The summed E-state index contributed by atoms with van der Waals surface area (Å²) in [7, 11) is 0. The summed E-state index contributed by atoms with van der Waals surface area (Å²) >= 11 is 12.3. The molecule has 4 heteroatoms. The Morgan fingerprint density at radius 2 is 2.00 bits per heavy atom. The summed E-state index contributed by atoms with van der Waals surface area (Å²) in [5.41, 5.74) is 7.28. The normalized spacial score (nSPS) is 24.2. The summed E-state index contributed by atoms with van der Waals surface area (Å²) in [4.78, 5) is 2.49. The standard InChI is InChI=1S/C15H22Cl2N2/c1-10(18)15-5-3-4-8-19(15)11(2)13-7-6-12(16)9-14(13)17/h6-7,9-11,15H,3-5,8,18H2,1-2H3. The minimum absolute atomic E-state index is 0.189. The lowest BCUT2D eigenvalue weighted by Crippen LogP contribution is -2.49. The Bertz CT molecular complexity index is 434. The van der Waals surface area contributed by atoms with Crippen LogP contribution in [0.25, 0.3) is 0 Å². The van der Waals surface area contributed by atoms with Gasteiger partial charge in [-0.3, -0.25) is 4.90 Å². The first-order valence-electron chi connectivity index (χ1n) is 6.97. The minimum atomic E-state index is 0.189. The first kappa shape index (κ1) is 15.1. The fourth-order valence-corrected chi connectivity index (χ4v) is 3.61. The van der Waals surface area contributed by atoms with Crippen LogP contribution in [0, 0.1) is 0 Å². The molecule has 1 aromatic carbocycles. The molecule has 0 aromatic heterocycles. The van der Waals surface area contributed by atoms with E-state index in [1.807, 2.05) is 18.2 Å². The van der Waals surface area contributed by atoms with Gasteiger partial charge in [0.15, 0.2) is 0 Å². The molecule has 19 heavy (non-hydrogen) atoms. The highest BCUT2D eigenvalue weighted by molar-refractivity contribution is 6.35. The molecular formula is C15H22Cl2N2. The third-order valence-electron chi connectivity index (χ3n) is 4.11. The number of piperidine rings is 1. The van der Waals surface area contributed by atoms with Gasteiger partial charge in [-0.15, -0.1) is 0 Å². The first-order chi connectivity index (χ1) is 9.00. The molecule has 3 unspecified atom stereocenters. The Morgan fingerprint density at radius 3 is 2.63 bits per heavy atom. The molecule has 1 aliphatic heterocycles. The molecule has 1 saturated heterocycles. The van der Waals surface area contributed by atoms with Crippen molar-refractivity contribution in [3.63, 3.8) is 0 Å². The van der Waals surface area contributed by atoms with Crippen molar-refractivity contribution in [1.82, 2.24) is 4.90 Å². The van der Waals surface area contributed by atoms with Gasteiger partial charge >= 0.3 is 0 Å². The predicted octanol–water partition coefficient (Wildman–Crippen LogP) is 4.26. The third-order valence-corrected chi connectivity index (χ3v) is 4.67. The van der Waals surface area contributed by atoms with Gasteiger partial charge in [-0.2, -0.15) is 0 Å². The topological polar surface area (TPSA) is 29.3 Å². The highest BCUT2D eigenvalue weighted by atomic mass is 35.5. The van der Waals surface area contributed by atoms with Crippen LogP contribution in [0.15, 0.2) is 18.2 Å². The lowest BCUT2D eigenvalue weighted by atomic mass is 9.93. The zero-order valence-electron chi connectivity index (χ0n) is 11.6. The molecular weight excluding hydrogens is 279 g/mol. The van der Waals surface area contributed by atoms with E-state index in [9.17, 15) is 0 Å². The van der Waals surface area contributed by atoms with Gasteiger partial charge in [0, 0.05) is 28.2 Å². The smallest absolute Gasteiger partial charge is 0.0468 e. The number of hydrogen-bond acceptors (Lipinski definition) is 2. The van der Waals surface area contributed by atoms with Gasteiger partial charge in [0.25, 0.3) is 0 Å². The average Bonchev–Trinajstić information content (AvgIpc) is 2.38. The monoisotopic (exact) mass is 300 g/mol. The molecule has 2 N–H and O–H groups in total. The second-order valence-electron chi connectivity index (χ2n) is 5.50. The van der Waals surface area contributed by atoms with Crippen molar-refractivity contribution < 1.29 is 0 Å². The second-order valence-corrected chi connectivity index (χ2v) is 6.35. The van der Waals surface area contributed by atoms with E-state index in [0.717, 1.165) is 17.1 Å². The van der Waals surface area contributed by atoms with E-state index in [2.05, 4.69) is 18.7 Å². The summed E-state index contributed by atoms with van der Waals surface area (Å²) in [5.74, 6) is 0.